The standard InChI is InChI=1S/C21H20FN7OS/c1-11-3-4-14(7-15(11)19-23-8-13(22)9-24-19)26-20(30)17-6-12-5-16(12)29(17)18-10-25-21(31-2)28-27-18/h3-4,7-10,12,16-17H,5-6H2,1-2H3,(H,26,30)/t12-,16-,17-/m1/s1. The molecule has 10 heteroatoms. The zero-order valence-corrected chi connectivity index (χ0v) is 17.8. The fourth-order valence-corrected chi connectivity index (χ4v) is 4.39. The first-order valence-electron chi connectivity index (χ1n) is 9.95. The lowest BCUT2D eigenvalue weighted by atomic mass is 10.1. The number of carbonyl (C=O) groups excluding carboxylic acids is 1. The van der Waals surface area contributed by atoms with Crippen LogP contribution in [0.2, 0.25) is 0 Å². The predicted molar refractivity (Wildman–Crippen MR) is 115 cm³/mol. The summed E-state index contributed by atoms with van der Waals surface area (Å²) in [4.78, 5) is 27.6. The molecule has 1 aliphatic carbocycles. The SMILES string of the molecule is CSc1ncc(N2[C@@H](C(=O)Nc3ccc(C)c(-c4ncc(F)cn4)c3)C[C@H]3C[C@H]32)nn1. The molecule has 1 saturated carbocycles. The van der Waals surface area contributed by atoms with Crippen molar-refractivity contribution in [3.63, 3.8) is 0 Å². The van der Waals surface area contributed by atoms with Gasteiger partial charge >= 0.3 is 0 Å². The number of piperidine rings is 1. The van der Waals surface area contributed by atoms with Crippen molar-refractivity contribution in [2.24, 2.45) is 5.92 Å². The van der Waals surface area contributed by atoms with Gasteiger partial charge in [0.15, 0.2) is 17.5 Å². The molecule has 3 heterocycles. The Labute approximate surface area is 182 Å². The highest BCUT2D eigenvalue weighted by atomic mass is 32.2. The van der Waals surface area contributed by atoms with Crippen LogP contribution >= 0.6 is 11.8 Å². The molecule has 0 spiro atoms. The number of rotatable bonds is 5. The highest BCUT2D eigenvalue weighted by molar-refractivity contribution is 7.98. The van der Waals surface area contributed by atoms with Crippen LogP contribution in [0.3, 0.4) is 0 Å². The van der Waals surface area contributed by atoms with Crippen LogP contribution in [0.1, 0.15) is 18.4 Å². The highest BCUT2D eigenvalue weighted by Crippen LogP contribution is 2.49. The first-order valence-corrected chi connectivity index (χ1v) is 11.2. The van der Waals surface area contributed by atoms with Crippen molar-refractivity contribution in [1.82, 2.24) is 25.1 Å². The van der Waals surface area contributed by atoms with Gasteiger partial charge in [0.05, 0.1) is 18.6 Å². The fraction of sp³-hybridized carbons (Fsp3) is 0.333. The van der Waals surface area contributed by atoms with E-state index in [1.54, 1.807) is 6.20 Å². The van der Waals surface area contributed by atoms with E-state index in [2.05, 4.69) is 30.5 Å². The number of benzene rings is 1. The van der Waals surface area contributed by atoms with Gasteiger partial charge in [0.1, 0.15) is 6.04 Å². The average Bonchev–Trinajstić information content (AvgIpc) is 3.45. The second-order valence-corrected chi connectivity index (χ2v) is 8.54. The van der Waals surface area contributed by atoms with Crippen LogP contribution < -0.4 is 10.2 Å². The number of aromatic nitrogens is 5. The number of halogens is 1. The van der Waals surface area contributed by atoms with Gasteiger partial charge in [0.2, 0.25) is 11.1 Å². The Morgan fingerprint density at radius 1 is 1.16 bits per heavy atom. The van der Waals surface area contributed by atoms with Crippen molar-refractivity contribution in [3.05, 3.63) is 48.2 Å². The molecule has 31 heavy (non-hydrogen) atoms. The molecule has 1 aromatic carbocycles. The minimum absolute atomic E-state index is 0.0993. The molecule has 0 unspecified atom stereocenters. The number of thioether (sulfide) groups is 1. The number of amides is 1. The molecule has 0 radical (unpaired) electrons. The molecule has 1 saturated heterocycles. The van der Waals surface area contributed by atoms with E-state index < -0.39 is 5.82 Å². The maximum atomic E-state index is 13.2. The second-order valence-electron chi connectivity index (χ2n) is 7.77. The zero-order chi connectivity index (χ0) is 21.5. The Balaban J connectivity index is 1.37. The topological polar surface area (TPSA) is 96.8 Å². The summed E-state index contributed by atoms with van der Waals surface area (Å²) >= 11 is 1.43. The number of aryl methyl sites for hydroxylation is 1. The number of carbonyl (C=O) groups is 1. The van der Waals surface area contributed by atoms with Gasteiger partial charge in [0, 0.05) is 17.3 Å². The van der Waals surface area contributed by atoms with E-state index >= 15 is 0 Å². The summed E-state index contributed by atoms with van der Waals surface area (Å²) < 4.78 is 13.2. The van der Waals surface area contributed by atoms with E-state index in [0.717, 1.165) is 36.4 Å². The average molecular weight is 438 g/mol. The zero-order valence-electron chi connectivity index (χ0n) is 17.0. The monoisotopic (exact) mass is 437 g/mol. The molecule has 2 aliphatic rings. The van der Waals surface area contributed by atoms with E-state index in [0.29, 0.717) is 34.4 Å². The fourth-order valence-electron chi connectivity index (χ4n) is 4.11. The van der Waals surface area contributed by atoms with E-state index in [1.165, 1.54) is 11.8 Å². The van der Waals surface area contributed by atoms with Crippen LogP contribution in [0.5, 0.6) is 0 Å². The minimum atomic E-state index is -0.492. The summed E-state index contributed by atoms with van der Waals surface area (Å²) in [5.74, 6) is 0.951. The molecule has 3 aromatic rings. The molecule has 2 fully saturated rings. The number of hydrogen-bond acceptors (Lipinski definition) is 8. The van der Waals surface area contributed by atoms with Crippen molar-refractivity contribution in [3.8, 4) is 11.4 Å². The third kappa shape index (κ3) is 3.83. The number of hydrogen-bond donors (Lipinski definition) is 1. The number of nitrogens with zero attached hydrogens (tertiary/aromatic N) is 6. The summed E-state index contributed by atoms with van der Waals surface area (Å²) in [7, 11) is 0. The lowest BCUT2D eigenvalue weighted by molar-refractivity contribution is -0.117. The highest BCUT2D eigenvalue weighted by Gasteiger charge is 2.55. The van der Waals surface area contributed by atoms with Gasteiger partial charge in [-0.2, -0.15) is 0 Å². The van der Waals surface area contributed by atoms with Gasteiger partial charge in [-0.1, -0.05) is 17.8 Å². The number of fused-ring (bicyclic) bond motifs is 1. The van der Waals surface area contributed by atoms with Crippen molar-refractivity contribution in [1.29, 1.82) is 0 Å². The first kappa shape index (κ1) is 19.8. The summed E-state index contributed by atoms with van der Waals surface area (Å²) in [6.45, 7) is 1.92. The molecule has 1 aliphatic heterocycles. The van der Waals surface area contributed by atoms with Gasteiger partial charge in [-0.15, -0.1) is 10.2 Å². The Bertz CT molecular complexity index is 1130. The van der Waals surface area contributed by atoms with Crippen molar-refractivity contribution < 1.29 is 9.18 Å². The van der Waals surface area contributed by atoms with Crippen LogP contribution in [0.15, 0.2) is 41.9 Å². The van der Waals surface area contributed by atoms with Crippen molar-refractivity contribution in [2.45, 2.75) is 37.0 Å². The molecule has 1 amide bonds. The third-order valence-electron chi connectivity index (χ3n) is 5.75. The van der Waals surface area contributed by atoms with E-state index in [4.69, 9.17) is 0 Å². The largest absolute Gasteiger partial charge is 0.339 e. The molecular formula is C21H20FN7OS. The molecule has 158 valence electrons. The second kappa shape index (κ2) is 7.84. The van der Waals surface area contributed by atoms with E-state index in [9.17, 15) is 9.18 Å². The van der Waals surface area contributed by atoms with Crippen LogP contribution in [0, 0.1) is 18.7 Å². The molecule has 0 bridgehead atoms. The molecule has 8 nitrogen and oxygen atoms in total. The van der Waals surface area contributed by atoms with Crippen molar-refractivity contribution in [2.75, 3.05) is 16.5 Å². The summed E-state index contributed by atoms with van der Waals surface area (Å²) in [6.07, 6.45) is 7.69. The van der Waals surface area contributed by atoms with Gasteiger partial charge in [-0.05, 0) is 49.6 Å². The first-order chi connectivity index (χ1) is 15.0. The molecule has 1 N–H and O–H groups in total. The lowest BCUT2D eigenvalue weighted by Gasteiger charge is -2.27. The predicted octanol–water partition coefficient (Wildman–Crippen LogP) is 3.10. The quantitative estimate of drug-likeness (QED) is 0.608. The third-order valence-corrected chi connectivity index (χ3v) is 6.30. The summed E-state index contributed by atoms with van der Waals surface area (Å²) in [5, 5.41) is 12.0. The molecular weight excluding hydrogens is 417 g/mol. The maximum Gasteiger partial charge on any atom is 0.247 e. The smallest absolute Gasteiger partial charge is 0.247 e. The number of nitrogens with one attached hydrogen (secondary N) is 1. The Kier molecular flexibility index (Phi) is 5.01. The van der Waals surface area contributed by atoms with E-state index in [1.807, 2.05) is 36.3 Å². The Morgan fingerprint density at radius 3 is 2.68 bits per heavy atom. The van der Waals surface area contributed by atoms with Gasteiger partial charge < -0.3 is 10.2 Å². The van der Waals surface area contributed by atoms with Gasteiger partial charge in [-0.3, -0.25) is 4.79 Å². The Hall–Kier alpha value is -3.14. The number of anilines is 2. The van der Waals surface area contributed by atoms with Gasteiger partial charge in [-0.25, -0.2) is 19.3 Å². The maximum absolute atomic E-state index is 13.2. The molecule has 3 atom stereocenters. The van der Waals surface area contributed by atoms with Crippen LogP contribution in [-0.4, -0.2) is 49.4 Å². The van der Waals surface area contributed by atoms with Crippen LogP contribution in [0.4, 0.5) is 15.9 Å². The van der Waals surface area contributed by atoms with Crippen molar-refractivity contribution >= 4 is 29.2 Å². The Morgan fingerprint density at radius 2 is 1.97 bits per heavy atom. The van der Waals surface area contributed by atoms with E-state index in [-0.39, 0.29) is 11.9 Å². The minimum Gasteiger partial charge on any atom is -0.339 e. The molecule has 5 rings (SSSR count). The lowest BCUT2D eigenvalue weighted by Crippen LogP contribution is -2.42. The summed E-state index contributed by atoms with van der Waals surface area (Å²) in [5.41, 5.74) is 2.32. The van der Waals surface area contributed by atoms with Crippen LogP contribution in [0.25, 0.3) is 11.4 Å². The van der Waals surface area contributed by atoms with Crippen LogP contribution in [-0.2, 0) is 4.79 Å². The van der Waals surface area contributed by atoms with Gasteiger partial charge in [0.25, 0.3) is 0 Å². The summed E-state index contributed by atoms with van der Waals surface area (Å²) in [6, 6.07) is 5.53. The molecule has 2 aromatic heterocycles. The normalized spacial score (nSPS) is 21.6.